The quantitative estimate of drug-likeness (QED) is 0.905. The molecule has 2 rings (SSSR count). The summed E-state index contributed by atoms with van der Waals surface area (Å²) in [4.78, 5) is 2.19. The summed E-state index contributed by atoms with van der Waals surface area (Å²) in [6, 6.07) is 4.22. The number of likely N-dealkylation sites (N-methyl/N-ethyl adjacent to an activating group) is 1. The zero-order valence-corrected chi connectivity index (χ0v) is 13.3. The standard InChI is InChI=1S/C12H16Cl2N2O3S/c1-16-4-5-19-9(8-16)7-15-20(17,18)10-2-3-11(13)12(14)6-10/h2-3,6,9,15H,4-5,7-8H2,1H3. The predicted octanol–water partition coefficient (Wildman–Crippen LogP) is 1.60. The van der Waals surface area contributed by atoms with Gasteiger partial charge in [0.05, 0.1) is 27.7 Å². The smallest absolute Gasteiger partial charge is 0.240 e. The number of morpholine rings is 1. The summed E-state index contributed by atoms with van der Waals surface area (Å²) in [6.45, 7) is 2.39. The van der Waals surface area contributed by atoms with Gasteiger partial charge in [0, 0.05) is 19.6 Å². The highest BCUT2D eigenvalue weighted by Gasteiger charge is 2.21. The molecular formula is C12H16Cl2N2O3S. The lowest BCUT2D eigenvalue weighted by Crippen LogP contribution is -2.45. The lowest BCUT2D eigenvalue weighted by Gasteiger charge is -2.30. The van der Waals surface area contributed by atoms with Crippen molar-refractivity contribution < 1.29 is 13.2 Å². The van der Waals surface area contributed by atoms with E-state index in [9.17, 15) is 8.42 Å². The maximum absolute atomic E-state index is 12.1. The molecule has 0 spiro atoms. The molecule has 1 N–H and O–H groups in total. The number of hydrogen-bond donors (Lipinski definition) is 1. The third-order valence-electron chi connectivity index (χ3n) is 3.04. The second-order valence-electron chi connectivity index (χ2n) is 4.68. The van der Waals surface area contributed by atoms with Crippen LogP contribution < -0.4 is 4.72 Å². The van der Waals surface area contributed by atoms with Crippen LogP contribution in [0.4, 0.5) is 0 Å². The molecule has 1 heterocycles. The fraction of sp³-hybridized carbons (Fsp3) is 0.500. The molecule has 112 valence electrons. The molecule has 1 unspecified atom stereocenters. The first-order valence-electron chi connectivity index (χ1n) is 6.13. The van der Waals surface area contributed by atoms with E-state index in [-0.39, 0.29) is 22.6 Å². The topological polar surface area (TPSA) is 58.6 Å². The van der Waals surface area contributed by atoms with Crippen LogP contribution in [0, 0.1) is 0 Å². The Bertz CT molecular complexity index is 580. The summed E-state index contributed by atoms with van der Waals surface area (Å²) in [5.74, 6) is 0. The number of benzene rings is 1. The molecule has 0 saturated carbocycles. The third kappa shape index (κ3) is 4.07. The molecule has 0 radical (unpaired) electrons. The maximum atomic E-state index is 12.1. The van der Waals surface area contributed by atoms with Crippen LogP contribution in [0.2, 0.25) is 10.0 Å². The van der Waals surface area contributed by atoms with Crippen LogP contribution in [-0.2, 0) is 14.8 Å². The summed E-state index contributed by atoms with van der Waals surface area (Å²) in [7, 11) is -1.63. The molecule has 1 saturated heterocycles. The van der Waals surface area contributed by atoms with Gasteiger partial charge in [0.1, 0.15) is 0 Å². The number of rotatable bonds is 4. The van der Waals surface area contributed by atoms with E-state index in [1.54, 1.807) is 0 Å². The Morgan fingerprint density at radius 3 is 2.80 bits per heavy atom. The lowest BCUT2D eigenvalue weighted by molar-refractivity contribution is -0.0156. The van der Waals surface area contributed by atoms with Crippen molar-refractivity contribution in [2.45, 2.75) is 11.0 Å². The van der Waals surface area contributed by atoms with Crippen molar-refractivity contribution in [2.75, 3.05) is 33.3 Å². The third-order valence-corrected chi connectivity index (χ3v) is 5.20. The molecule has 1 aliphatic rings. The highest BCUT2D eigenvalue weighted by molar-refractivity contribution is 7.89. The van der Waals surface area contributed by atoms with Crippen molar-refractivity contribution in [1.29, 1.82) is 0 Å². The molecule has 1 atom stereocenters. The van der Waals surface area contributed by atoms with Gasteiger partial charge in [0.2, 0.25) is 10.0 Å². The first-order chi connectivity index (χ1) is 9.38. The molecule has 0 amide bonds. The van der Waals surface area contributed by atoms with Crippen molar-refractivity contribution in [3.8, 4) is 0 Å². The van der Waals surface area contributed by atoms with Gasteiger partial charge in [-0.25, -0.2) is 13.1 Å². The second kappa shape index (κ2) is 6.60. The van der Waals surface area contributed by atoms with E-state index in [2.05, 4.69) is 9.62 Å². The zero-order chi connectivity index (χ0) is 14.8. The zero-order valence-electron chi connectivity index (χ0n) is 11.0. The van der Waals surface area contributed by atoms with E-state index >= 15 is 0 Å². The Morgan fingerprint density at radius 2 is 2.15 bits per heavy atom. The van der Waals surface area contributed by atoms with E-state index < -0.39 is 10.0 Å². The average molecular weight is 339 g/mol. The number of sulfonamides is 1. The van der Waals surface area contributed by atoms with Gasteiger partial charge in [-0.05, 0) is 25.2 Å². The highest BCUT2D eigenvalue weighted by Crippen LogP contribution is 2.24. The van der Waals surface area contributed by atoms with Crippen LogP contribution in [0.15, 0.2) is 23.1 Å². The van der Waals surface area contributed by atoms with Gasteiger partial charge in [-0.15, -0.1) is 0 Å². The van der Waals surface area contributed by atoms with Crippen molar-refractivity contribution in [2.24, 2.45) is 0 Å². The van der Waals surface area contributed by atoms with Crippen LogP contribution in [0.25, 0.3) is 0 Å². The fourth-order valence-corrected chi connectivity index (χ4v) is 3.38. The molecule has 0 bridgehead atoms. The van der Waals surface area contributed by atoms with E-state index in [1.807, 2.05) is 7.05 Å². The molecule has 1 aromatic carbocycles. The first-order valence-corrected chi connectivity index (χ1v) is 8.37. The van der Waals surface area contributed by atoms with Gasteiger partial charge in [0.15, 0.2) is 0 Å². The van der Waals surface area contributed by atoms with Crippen molar-refractivity contribution >= 4 is 33.2 Å². The number of halogens is 2. The first kappa shape index (κ1) is 16.0. The molecular weight excluding hydrogens is 323 g/mol. The number of nitrogens with one attached hydrogen (secondary N) is 1. The Hall–Kier alpha value is -0.370. The predicted molar refractivity (Wildman–Crippen MR) is 78.9 cm³/mol. The average Bonchev–Trinajstić information content (AvgIpc) is 2.40. The molecule has 0 aromatic heterocycles. The molecule has 8 heteroatoms. The molecule has 0 aliphatic carbocycles. The molecule has 20 heavy (non-hydrogen) atoms. The van der Waals surface area contributed by atoms with Crippen molar-refractivity contribution in [1.82, 2.24) is 9.62 Å². The second-order valence-corrected chi connectivity index (χ2v) is 7.26. The Morgan fingerprint density at radius 1 is 1.40 bits per heavy atom. The number of nitrogens with zero attached hydrogens (tertiary/aromatic N) is 1. The van der Waals surface area contributed by atoms with Gasteiger partial charge in [-0.1, -0.05) is 23.2 Å². The fourth-order valence-electron chi connectivity index (χ4n) is 1.92. The van der Waals surface area contributed by atoms with Gasteiger partial charge >= 0.3 is 0 Å². The van der Waals surface area contributed by atoms with Gasteiger partial charge in [-0.2, -0.15) is 0 Å². The minimum atomic E-state index is -3.61. The molecule has 5 nitrogen and oxygen atoms in total. The SMILES string of the molecule is CN1CCOC(CNS(=O)(=O)c2ccc(Cl)c(Cl)c2)C1. The van der Waals surface area contributed by atoms with Crippen LogP contribution in [-0.4, -0.2) is 52.7 Å². The van der Waals surface area contributed by atoms with E-state index in [4.69, 9.17) is 27.9 Å². The van der Waals surface area contributed by atoms with E-state index in [0.717, 1.165) is 6.54 Å². The largest absolute Gasteiger partial charge is 0.374 e. The lowest BCUT2D eigenvalue weighted by atomic mass is 10.3. The van der Waals surface area contributed by atoms with Crippen LogP contribution in [0.3, 0.4) is 0 Å². The maximum Gasteiger partial charge on any atom is 0.240 e. The Labute approximate surface area is 128 Å². The normalized spacial score (nSPS) is 21.1. The number of hydrogen-bond acceptors (Lipinski definition) is 4. The monoisotopic (exact) mass is 338 g/mol. The van der Waals surface area contributed by atoms with E-state index in [0.29, 0.717) is 18.2 Å². The summed E-state index contributed by atoms with van der Waals surface area (Å²) >= 11 is 11.6. The summed E-state index contributed by atoms with van der Waals surface area (Å²) in [6.07, 6.45) is -0.147. The van der Waals surface area contributed by atoms with Gasteiger partial charge < -0.3 is 9.64 Å². The summed E-state index contributed by atoms with van der Waals surface area (Å²) < 4.78 is 32.3. The van der Waals surface area contributed by atoms with Crippen LogP contribution in [0.5, 0.6) is 0 Å². The Balaban J connectivity index is 2.01. The van der Waals surface area contributed by atoms with Crippen molar-refractivity contribution in [3.63, 3.8) is 0 Å². The minimum Gasteiger partial charge on any atom is -0.374 e. The number of ether oxygens (including phenoxy) is 1. The highest BCUT2D eigenvalue weighted by atomic mass is 35.5. The van der Waals surface area contributed by atoms with Crippen LogP contribution >= 0.6 is 23.2 Å². The summed E-state index contributed by atoms with van der Waals surface area (Å²) in [5.41, 5.74) is 0. The minimum absolute atomic E-state index is 0.0936. The van der Waals surface area contributed by atoms with E-state index in [1.165, 1.54) is 18.2 Å². The van der Waals surface area contributed by atoms with Gasteiger partial charge in [0.25, 0.3) is 0 Å². The molecule has 1 aromatic rings. The van der Waals surface area contributed by atoms with Crippen molar-refractivity contribution in [3.05, 3.63) is 28.2 Å². The molecule has 1 fully saturated rings. The van der Waals surface area contributed by atoms with Crippen LogP contribution in [0.1, 0.15) is 0 Å². The molecule has 1 aliphatic heterocycles. The Kier molecular flexibility index (Phi) is 5.28. The summed E-state index contributed by atoms with van der Waals surface area (Å²) in [5, 5.41) is 0.533. The van der Waals surface area contributed by atoms with Gasteiger partial charge in [-0.3, -0.25) is 0 Å².